The number of aryl methyl sites for hydroxylation is 1. The van der Waals surface area contributed by atoms with Crippen LogP contribution >= 0.6 is 0 Å². The van der Waals surface area contributed by atoms with Gasteiger partial charge in [-0.15, -0.1) is 0 Å². The molecular weight excluding hydrogens is 425 g/mol. The average Bonchev–Trinajstić information content (AvgIpc) is 2.66. The van der Waals surface area contributed by atoms with Crippen LogP contribution in [0.1, 0.15) is 44.0 Å². The molecule has 0 spiro atoms. The average molecular weight is 450 g/mol. The summed E-state index contributed by atoms with van der Waals surface area (Å²) in [7, 11) is 0. The predicted molar refractivity (Wildman–Crippen MR) is 114 cm³/mol. The smallest absolute Gasteiger partial charge is 0.433 e. The summed E-state index contributed by atoms with van der Waals surface area (Å²) in [5.41, 5.74) is 1.23. The van der Waals surface area contributed by atoms with Crippen molar-refractivity contribution in [2.75, 3.05) is 10.6 Å². The molecule has 3 rings (SSSR count). The number of nitrogens with zero attached hydrogens (tertiary/aromatic N) is 1. The lowest BCUT2D eigenvalue weighted by Crippen LogP contribution is -2.41. The SMILES string of the molecule is CC(C)(C)OC(=O)NC1CCc2cc(NC(=O)Nc3ccc(C(F)(F)F)nc3)ccc2C1. The molecule has 10 heteroatoms. The fraction of sp³-hybridized carbons (Fsp3) is 0.409. The minimum atomic E-state index is -4.54. The van der Waals surface area contributed by atoms with E-state index in [1.165, 1.54) is 0 Å². The van der Waals surface area contributed by atoms with Crippen molar-refractivity contribution >= 4 is 23.5 Å². The molecule has 1 unspecified atom stereocenters. The molecule has 1 heterocycles. The van der Waals surface area contributed by atoms with E-state index in [1.807, 2.05) is 32.9 Å². The number of anilines is 2. The van der Waals surface area contributed by atoms with Crippen LogP contribution in [-0.2, 0) is 23.8 Å². The lowest BCUT2D eigenvalue weighted by Gasteiger charge is -2.27. The molecule has 2 aromatic rings. The van der Waals surface area contributed by atoms with Gasteiger partial charge in [0, 0.05) is 11.7 Å². The highest BCUT2D eigenvalue weighted by Gasteiger charge is 2.32. The van der Waals surface area contributed by atoms with E-state index in [2.05, 4.69) is 20.9 Å². The zero-order chi connectivity index (χ0) is 23.5. The zero-order valence-corrected chi connectivity index (χ0v) is 18.0. The maximum Gasteiger partial charge on any atom is 0.433 e. The number of nitrogens with one attached hydrogen (secondary N) is 3. The van der Waals surface area contributed by atoms with Crippen LogP contribution in [0, 0.1) is 0 Å². The van der Waals surface area contributed by atoms with Gasteiger partial charge in [-0.25, -0.2) is 14.6 Å². The van der Waals surface area contributed by atoms with Crippen LogP contribution in [0.5, 0.6) is 0 Å². The van der Waals surface area contributed by atoms with Crippen LogP contribution in [0.2, 0.25) is 0 Å². The number of amides is 3. The minimum absolute atomic E-state index is 0.0355. The number of hydrogen-bond acceptors (Lipinski definition) is 4. The van der Waals surface area contributed by atoms with E-state index in [0.717, 1.165) is 42.3 Å². The Balaban J connectivity index is 1.55. The van der Waals surface area contributed by atoms with E-state index in [9.17, 15) is 22.8 Å². The van der Waals surface area contributed by atoms with Crippen molar-refractivity contribution in [3.8, 4) is 0 Å². The van der Waals surface area contributed by atoms with Crippen LogP contribution < -0.4 is 16.0 Å². The second kappa shape index (κ2) is 9.05. The lowest BCUT2D eigenvalue weighted by atomic mass is 9.88. The van der Waals surface area contributed by atoms with Crippen LogP contribution in [-0.4, -0.2) is 28.8 Å². The normalized spacial score (nSPS) is 16.0. The van der Waals surface area contributed by atoms with Gasteiger partial charge in [-0.3, -0.25) is 0 Å². The molecule has 3 amide bonds. The van der Waals surface area contributed by atoms with Crippen molar-refractivity contribution in [3.63, 3.8) is 0 Å². The molecule has 32 heavy (non-hydrogen) atoms. The van der Waals surface area contributed by atoms with E-state index in [4.69, 9.17) is 4.74 Å². The first-order valence-electron chi connectivity index (χ1n) is 10.1. The Morgan fingerprint density at radius 3 is 2.34 bits per heavy atom. The molecule has 1 aromatic carbocycles. The molecule has 3 N–H and O–H groups in total. The monoisotopic (exact) mass is 450 g/mol. The van der Waals surface area contributed by atoms with E-state index in [1.54, 1.807) is 6.07 Å². The predicted octanol–water partition coefficient (Wildman–Crippen LogP) is 5.13. The molecule has 0 bridgehead atoms. The maximum atomic E-state index is 12.6. The number of pyridine rings is 1. The van der Waals surface area contributed by atoms with Crippen LogP contribution in [0.3, 0.4) is 0 Å². The summed E-state index contributed by atoms with van der Waals surface area (Å²) < 4.78 is 43.0. The number of halogens is 3. The highest BCUT2D eigenvalue weighted by atomic mass is 19.4. The van der Waals surface area contributed by atoms with Crippen LogP contribution in [0.25, 0.3) is 0 Å². The fourth-order valence-corrected chi connectivity index (χ4v) is 3.36. The number of benzene rings is 1. The number of hydrogen-bond donors (Lipinski definition) is 3. The summed E-state index contributed by atoms with van der Waals surface area (Å²) in [5, 5.41) is 8.01. The number of urea groups is 1. The summed E-state index contributed by atoms with van der Waals surface area (Å²) >= 11 is 0. The van der Waals surface area contributed by atoms with Crippen molar-refractivity contribution in [1.29, 1.82) is 0 Å². The van der Waals surface area contributed by atoms with Gasteiger partial charge in [-0.05, 0) is 75.4 Å². The molecule has 0 saturated carbocycles. The molecule has 1 aliphatic carbocycles. The number of aromatic nitrogens is 1. The lowest BCUT2D eigenvalue weighted by molar-refractivity contribution is -0.141. The van der Waals surface area contributed by atoms with Crippen LogP contribution in [0.15, 0.2) is 36.5 Å². The third kappa shape index (κ3) is 6.60. The molecule has 1 aliphatic rings. The first-order valence-corrected chi connectivity index (χ1v) is 10.1. The number of ether oxygens (including phenoxy) is 1. The quantitative estimate of drug-likeness (QED) is 0.605. The summed E-state index contributed by atoms with van der Waals surface area (Å²) in [5.74, 6) is 0. The van der Waals surface area contributed by atoms with E-state index in [0.29, 0.717) is 12.1 Å². The highest BCUT2D eigenvalue weighted by molar-refractivity contribution is 5.99. The Bertz CT molecular complexity index is 985. The largest absolute Gasteiger partial charge is 0.444 e. The molecular formula is C22H25F3N4O3. The van der Waals surface area contributed by atoms with Crippen molar-refractivity contribution < 1.29 is 27.5 Å². The van der Waals surface area contributed by atoms with Gasteiger partial charge in [-0.1, -0.05) is 6.07 Å². The first-order chi connectivity index (χ1) is 14.9. The number of fused-ring (bicyclic) bond motifs is 1. The van der Waals surface area contributed by atoms with Crippen molar-refractivity contribution in [1.82, 2.24) is 10.3 Å². The van der Waals surface area contributed by atoms with Crippen molar-refractivity contribution in [3.05, 3.63) is 53.3 Å². The molecule has 1 atom stereocenters. The molecule has 1 aromatic heterocycles. The Kier molecular flexibility index (Phi) is 6.61. The van der Waals surface area contributed by atoms with Crippen molar-refractivity contribution in [2.45, 2.75) is 57.9 Å². The Morgan fingerprint density at radius 1 is 1.03 bits per heavy atom. The van der Waals surface area contributed by atoms with Gasteiger partial charge < -0.3 is 20.7 Å². The Hall–Kier alpha value is -3.30. The van der Waals surface area contributed by atoms with Crippen molar-refractivity contribution in [2.24, 2.45) is 0 Å². The van der Waals surface area contributed by atoms with Gasteiger partial charge in [0.15, 0.2) is 0 Å². The third-order valence-corrected chi connectivity index (χ3v) is 4.73. The number of alkyl carbamates (subject to hydrolysis) is 1. The van der Waals surface area contributed by atoms with Crippen LogP contribution in [0.4, 0.5) is 34.1 Å². The molecule has 0 fully saturated rings. The summed E-state index contributed by atoms with van der Waals surface area (Å²) in [6.07, 6.45) is -1.93. The number of alkyl halides is 3. The van der Waals surface area contributed by atoms with E-state index < -0.39 is 29.6 Å². The van der Waals surface area contributed by atoms with Gasteiger partial charge in [0.2, 0.25) is 0 Å². The summed E-state index contributed by atoms with van der Waals surface area (Å²) in [6.45, 7) is 5.42. The topological polar surface area (TPSA) is 92.4 Å². The molecule has 172 valence electrons. The summed E-state index contributed by atoms with van der Waals surface area (Å²) in [4.78, 5) is 27.5. The maximum absolute atomic E-state index is 12.6. The molecule has 0 aliphatic heterocycles. The second-order valence-corrected chi connectivity index (χ2v) is 8.58. The number of rotatable bonds is 3. The summed E-state index contributed by atoms with van der Waals surface area (Å²) in [6, 6.07) is 6.78. The Morgan fingerprint density at radius 2 is 1.72 bits per heavy atom. The fourth-order valence-electron chi connectivity index (χ4n) is 3.36. The van der Waals surface area contributed by atoms with Gasteiger partial charge in [0.25, 0.3) is 0 Å². The highest BCUT2D eigenvalue weighted by Crippen LogP contribution is 2.28. The van der Waals surface area contributed by atoms with Gasteiger partial charge in [-0.2, -0.15) is 13.2 Å². The van der Waals surface area contributed by atoms with Gasteiger partial charge >= 0.3 is 18.3 Å². The van der Waals surface area contributed by atoms with Gasteiger partial charge in [0.1, 0.15) is 11.3 Å². The number of carbonyl (C=O) groups is 2. The first kappa shape index (κ1) is 23.4. The molecule has 7 nitrogen and oxygen atoms in total. The van der Waals surface area contributed by atoms with Gasteiger partial charge in [0.05, 0.1) is 11.9 Å². The standard InChI is InChI=1S/C22H25F3N4O3/c1-21(2,3)32-20(31)29-16-7-5-13-10-15(6-4-14(13)11-16)27-19(30)28-17-8-9-18(26-12-17)22(23,24)25/h4,6,8-10,12,16H,5,7,11H2,1-3H3,(H,29,31)(H2,27,28,30). The second-order valence-electron chi connectivity index (χ2n) is 8.58. The minimum Gasteiger partial charge on any atom is -0.444 e. The number of carbonyl (C=O) groups excluding carboxylic acids is 2. The zero-order valence-electron chi connectivity index (χ0n) is 18.0. The Labute approximate surface area is 183 Å². The van der Waals surface area contributed by atoms with E-state index in [-0.39, 0.29) is 11.7 Å². The molecule has 0 saturated heterocycles. The van der Waals surface area contributed by atoms with E-state index >= 15 is 0 Å². The molecule has 0 radical (unpaired) electrons. The third-order valence-electron chi connectivity index (χ3n) is 4.73.